The Kier molecular flexibility index (Phi) is 5.31. The molecule has 0 N–H and O–H groups in total. The quantitative estimate of drug-likeness (QED) is 0.459. The molecule has 0 radical (unpaired) electrons. The number of hydrogen-bond donors (Lipinski definition) is 0. The molecule has 1 aliphatic rings. The van der Waals surface area contributed by atoms with E-state index >= 15 is 0 Å². The molecule has 0 saturated carbocycles. The Bertz CT molecular complexity index is 607. The maximum Gasteiger partial charge on any atom is 0.194 e. The van der Waals surface area contributed by atoms with E-state index in [9.17, 15) is 4.79 Å². The first-order valence-corrected chi connectivity index (χ1v) is 6.98. The minimum Gasteiger partial charge on any atom is -0.500 e. The van der Waals surface area contributed by atoms with Crippen molar-refractivity contribution < 1.29 is 19.0 Å². The molecule has 1 aliphatic carbocycles. The molecule has 4 nitrogen and oxygen atoms in total. The molecule has 0 heterocycles. The van der Waals surface area contributed by atoms with Crippen molar-refractivity contribution in [3.05, 3.63) is 71.5 Å². The average Bonchev–Trinajstić information content (AvgIpc) is 2.60. The van der Waals surface area contributed by atoms with E-state index in [1.54, 1.807) is 45.6 Å². The van der Waals surface area contributed by atoms with Gasteiger partial charge in [-0.2, -0.15) is 0 Å². The Morgan fingerprint density at radius 2 is 1.82 bits per heavy atom. The van der Waals surface area contributed by atoms with Crippen LogP contribution in [0.15, 0.2) is 66.0 Å². The molecule has 1 aromatic rings. The van der Waals surface area contributed by atoms with Crippen LogP contribution in [0.5, 0.6) is 0 Å². The summed E-state index contributed by atoms with van der Waals surface area (Å²) in [7, 11) is 4.76. The van der Waals surface area contributed by atoms with E-state index in [0.717, 1.165) is 5.57 Å². The zero-order valence-corrected chi connectivity index (χ0v) is 13.0. The second-order valence-corrected chi connectivity index (χ2v) is 4.88. The molecule has 4 heteroatoms. The summed E-state index contributed by atoms with van der Waals surface area (Å²) >= 11 is 0. The van der Waals surface area contributed by atoms with Crippen molar-refractivity contribution in [3.8, 4) is 0 Å². The van der Waals surface area contributed by atoms with E-state index in [1.807, 2.05) is 30.4 Å². The molecule has 0 bridgehead atoms. The van der Waals surface area contributed by atoms with Crippen LogP contribution in [0.3, 0.4) is 0 Å². The first kappa shape index (κ1) is 16.2. The summed E-state index contributed by atoms with van der Waals surface area (Å²) < 4.78 is 16.2. The Hall–Kier alpha value is -2.17. The Balaban J connectivity index is 2.18. The van der Waals surface area contributed by atoms with Gasteiger partial charge < -0.3 is 14.2 Å². The van der Waals surface area contributed by atoms with Gasteiger partial charge in [0.05, 0.1) is 13.5 Å². The van der Waals surface area contributed by atoms with Gasteiger partial charge >= 0.3 is 0 Å². The zero-order chi connectivity index (χ0) is 16.0. The maximum atomic E-state index is 12.1. The summed E-state index contributed by atoms with van der Waals surface area (Å²) in [5.74, 6) is -0.151. The molecule has 0 atom stereocenters. The first-order chi connectivity index (χ1) is 10.6. The smallest absolute Gasteiger partial charge is 0.194 e. The molecule has 116 valence electrons. The van der Waals surface area contributed by atoms with Gasteiger partial charge in [0, 0.05) is 25.4 Å². The van der Waals surface area contributed by atoms with Gasteiger partial charge in [-0.1, -0.05) is 36.4 Å². The van der Waals surface area contributed by atoms with Gasteiger partial charge in [-0.05, 0) is 18.2 Å². The Labute approximate surface area is 130 Å². The van der Waals surface area contributed by atoms with E-state index in [4.69, 9.17) is 14.2 Å². The molecular weight excluding hydrogens is 280 g/mol. The number of ketones is 1. The molecule has 0 aliphatic heterocycles. The van der Waals surface area contributed by atoms with Crippen LogP contribution in [0.1, 0.15) is 16.8 Å². The number of carbonyl (C=O) groups is 1. The zero-order valence-electron chi connectivity index (χ0n) is 13.0. The highest BCUT2D eigenvalue weighted by Crippen LogP contribution is 2.31. The second-order valence-electron chi connectivity index (χ2n) is 4.88. The number of benzene rings is 1. The molecular formula is C18H20O4. The number of ether oxygens (including phenoxy) is 3. The van der Waals surface area contributed by atoms with Crippen LogP contribution >= 0.6 is 0 Å². The summed E-state index contributed by atoms with van der Waals surface area (Å²) in [6.07, 6.45) is 7.40. The van der Waals surface area contributed by atoms with Crippen LogP contribution in [0.2, 0.25) is 0 Å². The van der Waals surface area contributed by atoms with Crippen molar-refractivity contribution in [1.29, 1.82) is 0 Å². The van der Waals surface area contributed by atoms with Crippen LogP contribution in [0.25, 0.3) is 0 Å². The lowest BCUT2D eigenvalue weighted by Crippen LogP contribution is -2.34. The number of carbonyl (C=O) groups excluding carboxylic acids is 1. The van der Waals surface area contributed by atoms with Crippen LogP contribution in [-0.4, -0.2) is 32.9 Å². The summed E-state index contributed by atoms with van der Waals surface area (Å²) in [6, 6.07) is 9.14. The van der Waals surface area contributed by atoms with Crippen LogP contribution in [0, 0.1) is 0 Å². The fourth-order valence-electron chi connectivity index (χ4n) is 2.26. The third-order valence-corrected chi connectivity index (χ3v) is 3.66. The van der Waals surface area contributed by atoms with Crippen molar-refractivity contribution in [2.24, 2.45) is 0 Å². The van der Waals surface area contributed by atoms with E-state index in [1.165, 1.54) is 0 Å². The lowest BCUT2D eigenvalue weighted by Gasteiger charge is -2.31. The van der Waals surface area contributed by atoms with Crippen molar-refractivity contribution in [1.82, 2.24) is 0 Å². The van der Waals surface area contributed by atoms with Gasteiger partial charge in [0.15, 0.2) is 11.6 Å². The lowest BCUT2D eigenvalue weighted by molar-refractivity contribution is -0.174. The highest BCUT2D eigenvalue weighted by Gasteiger charge is 2.32. The predicted octanol–water partition coefficient (Wildman–Crippen LogP) is 3.28. The van der Waals surface area contributed by atoms with Gasteiger partial charge in [0.25, 0.3) is 0 Å². The van der Waals surface area contributed by atoms with Crippen LogP contribution < -0.4 is 0 Å². The molecule has 0 unspecified atom stereocenters. The number of methoxy groups -OCH3 is 3. The fourth-order valence-corrected chi connectivity index (χ4v) is 2.26. The monoisotopic (exact) mass is 300 g/mol. The Morgan fingerprint density at radius 3 is 2.41 bits per heavy atom. The van der Waals surface area contributed by atoms with Crippen molar-refractivity contribution >= 4 is 5.78 Å². The number of rotatable bonds is 6. The normalized spacial score (nSPS) is 17.0. The maximum absolute atomic E-state index is 12.1. The van der Waals surface area contributed by atoms with Crippen molar-refractivity contribution in [2.75, 3.05) is 21.3 Å². The summed E-state index contributed by atoms with van der Waals surface area (Å²) in [6.45, 7) is 0. The van der Waals surface area contributed by atoms with Gasteiger partial charge in [-0.3, -0.25) is 4.79 Å². The van der Waals surface area contributed by atoms with Gasteiger partial charge in [-0.15, -0.1) is 0 Å². The van der Waals surface area contributed by atoms with Gasteiger partial charge in [-0.25, -0.2) is 0 Å². The van der Waals surface area contributed by atoms with E-state index in [-0.39, 0.29) is 5.78 Å². The van der Waals surface area contributed by atoms with E-state index in [2.05, 4.69) is 0 Å². The summed E-state index contributed by atoms with van der Waals surface area (Å²) in [5.41, 5.74) is 1.48. The minimum absolute atomic E-state index is 0.0488. The third-order valence-electron chi connectivity index (χ3n) is 3.66. The highest BCUT2D eigenvalue weighted by molar-refractivity contribution is 6.04. The van der Waals surface area contributed by atoms with Gasteiger partial charge in [0.2, 0.25) is 0 Å². The summed E-state index contributed by atoms with van der Waals surface area (Å²) in [5, 5.41) is 0. The lowest BCUT2D eigenvalue weighted by atomic mass is 9.98. The largest absolute Gasteiger partial charge is 0.500 e. The number of hydrogen-bond acceptors (Lipinski definition) is 4. The minimum atomic E-state index is -0.813. The van der Waals surface area contributed by atoms with E-state index in [0.29, 0.717) is 17.7 Å². The first-order valence-electron chi connectivity index (χ1n) is 6.98. The molecule has 22 heavy (non-hydrogen) atoms. The fraction of sp³-hybridized carbons (Fsp3) is 0.278. The molecule has 0 saturated heterocycles. The third kappa shape index (κ3) is 3.53. The standard InChI is InChI=1S/C18H20O4/c1-20-17-13-18(21-2,22-3)12-11-15(17)9-10-16(19)14-7-5-4-6-8-14/h4-12H,13H2,1-3H3/b10-9+. The summed E-state index contributed by atoms with van der Waals surface area (Å²) in [4.78, 5) is 12.1. The van der Waals surface area contributed by atoms with Crippen molar-refractivity contribution in [3.63, 3.8) is 0 Å². The SMILES string of the molecule is COC1=C(/C=C/C(=O)c2ccccc2)C=CC(OC)(OC)C1. The second kappa shape index (κ2) is 7.20. The molecule has 0 amide bonds. The molecule has 2 rings (SSSR count). The van der Waals surface area contributed by atoms with E-state index < -0.39 is 5.79 Å². The highest BCUT2D eigenvalue weighted by atomic mass is 16.7. The number of allylic oxidation sites excluding steroid dienone is 4. The van der Waals surface area contributed by atoms with Crippen LogP contribution in [-0.2, 0) is 14.2 Å². The van der Waals surface area contributed by atoms with Crippen LogP contribution in [0.4, 0.5) is 0 Å². The predicted molar refractivity (Wildman–Crippen MR) is 84.5 cm³/mol. The Morgan fingerprint density at radius 1 is 1.14 bits per heavy atom. The molecule has 0 aromatic heterocycles. The molecule has 1 aromatic carbocycles. The average molecular weight is 300 g/mol. The topological polar surface area (TPSA) is 44.8 Å². The molecule has 0 fully saturated rings. The van der Waals surface area contributed by atoms with Crippen molar-refractivity contribution in [2.45, 2.75) is 12.2 Å². The van der Waals surface area contributed by atoms with Gasteiger partial charge in [0.1, 0.15) is 5.76 Å². The molecule has 0 spiro atoms.